The summed E-state index contributed by atoms with van der Waals surface area (Å²) in [5.74, 6) is 1.64. The second-order valence-corrected chi connectivity index (χ2v) is 6.77. The molecule has 2 aromatic heterocycles. The maximum atomic E-state index is 4.42. The standard InChI is InChI=1S/C18H21N5S.HI/c1-13-8-9-15(24-13)10-21-18(19-2)22-12-17-20-11-16(23-17)14-6-4-3-5-7-14;/h3-9,11H,10,12H2,1-2H3,(H,20,23)(H2,19,21,22);1H. The molecule has 132 valence electrons. The predicted molar refractivity (Wildman–Crippen MR) is 116 cm³/mol. The van der Waals surface area contributed by atoms with E-state index in [1.54, 1.807) is 18.4 Å². The van der Waals surface area contributed by atoms with Gasteiger partial charge in [0.25, 0.3) is 0 Å². The van der Waals surface area contributed by atoms with Crippen molar-refractivity contribution in [3.05, 3.63) is 64.2 Å². The van der Waals surface area contributed by atoms with Crippen LogP contribution in [0.3, 0.4) is 0 Å². The molecule has 25 heavy (non-hydrogen) atoms. The van der Waals surface area contributed by atoms with Crippen LogP contribution >= 0.6 is 35.3 Å². The number of nitrogens with zero attached hydrogens (tertiary/aromatic N) is 2. The Bertz CT molecular complexity index is 810. The number of halogens is 1. The summed E-state index contributed by atoms with van der Waals surface area (Å²) < 4.78 is 0. The molecule has 0 bridgehead atoms. The molecular formula is C18H22IN5S. The Balaban J connectivity index is 0.00000225. The Labute approximate surface area is 169 Å². The number of aryl methyl sites for hydroxylation is 1. The Morgan fingerprint density at radius 2 is 1.88 bits per heavy atom. The molecule has 7 heteroatoms. The highest BCUT2D eigenvalue weighted by Crippen LogP contribution is 2.16. The van der Waals surface area contributed by atoms with Crippen LogP contribution in [0, 0.1) is 6.92 Å². The van der Waals surface area contributed by atoms with Gasteiger partial charge in [-0.05, 0) is 24.6 Å². The number of aromatic nitrogens is 2. The lowest BCUT2D eigenvalue weighted by Gasteiger charge is -2.10. The molecule has 3 rings (SSSR count). The molecule has 0 saturated carbocycles. The molecule has 0 atom stereocenters. The molecule has 0 aliphatic carbocycles. The number of hydrogen-bond donors (Lipinski definition) is 3. The first-order valence-corrected chi connectivity index (χ1v) is 8.65. The third kappa shape index (κ3) is 5.57. The van der Waals surface area contributed by atoms with Crippen LogP contribution in [0.4, 0.5) is 0 Å². The highest BCUT2D eigenvalue weighted by Gasteiger charge is 2.05. The minimum absolute atomic E-state index is 0. The second-order valence-electron chi connectivity index (χ2n) is 5.40. The van der Waals surface area contributed by atoms with Gasteiger partial charge in [0.2, 0.25) is 0 Å². The maximum absolute atomic E-state index is 4.42. The first-order valence-electron chi connectivity index (χ1n) is 7.84. The fourth-order valence-electron chi connectivity index (χ4n) is 2.36. The van der Waals surface area contributed by atoms with E-state index in [-0.39, 0.29) is 24.0 Å². The van der Waals surface area contributed by atoms with Crippen molar-refractivity contribution in [2.75, 3.05) is 7.05 Å². The zero-order chi connectivity index (χ0) is 16.8. The lowest BCUT2D eigenvalue weighted by molar-refractivity contribution is 0.786. The molecule has 0 fully saturated rings. The molecule has 0 saturated heterocycles. The van der Waals surface area contributed by atoms with Crippen molar-refractivity contribution in [2.24, 2.45) is 4.99 Å². The molecule has 3 aromatic rings. The van der Waals surface area contributed by atoms with Gasteiger partial charge in [-0.1, -0.05) is 30.3 Å². The summed E-state index contributed by atoms with van der Waals surface area (Å²) in [5, 5.41) is 6.59. The number of aromatic amines is 1. The monoisotopic (exact) mass is 467 g/mol. The summed E-state index contributed by atoms with van der Waals surface area (Å²) in [4.78, 5) is 14.6. The molecule has 0 aliphatic heterocycles. The van der Waals surface area contributed by atoms with E-state index in [0.717, 1.165) is 29.6 Å². The van der Waals surface area contributed by atoms with Crippen LogP contribution in [-0.4, -0.2) is 23.0 Å². The number of benzene rings is 1. The summed E-state index contributed by atoms with van der Waals surface area (Å²) in [6.07, 6.45) is 1.86. The molecule has 3 N–H and O–H groups in total. The quantitative estimate of drug-likeness (QED) is 0.303. The van der Waals surface area contributed by atoms with Gasteiger partial charge in [0.15, 0.2) is 5.96 Å². The van der Waals surface area contributed by atoms with E-state index in [2.05, 4.69) is 56.8 Å². The highest BCUT2D eigenvalue weighted by atomic mass is 127. The SMILES string of the molecule is CN=C(NCc1ncc(-c2ccccc2)[nH]1)NCc1ccc(C)s1.I. The van der Waals surface area contributed by atoms with E-state index in [1.807, 2.05) is 24.4 Å². The Kier molecular flexibility index (Phi) is 7.45. The minimum Gasteiger partial charge on any atom is -0.352 e. The third-order valence-corrected chi connectivity index (χ3v) is 4.59. The molecule has 2 heterocycles. The molecule has 1 aromatic carbocycles. The summed E-state index contributed by atoms with van der Waals surface area (Å²) >= 11 is 1.79. The summed E-state index contributed by atoms with van der Waals surface area (Å²) in [5.41, 5.74) is 2.15. The average Bonchev–Trinajstić information content (AvgIpc) is 3.25. The van der Waals surface area contributed by atoms with Crippen molar-refractivity contribution in [3.63, 3.8) is 0 Å². The van der Waals surface area contributed by atoms with E-state index < -0.39 is 0 Å². The van der Waals surface area contributed by atoms with Crippen LogP contribution < -0.4 is 10.6 Å². The normalized spacial score (nSPS) is 11.0. The van der Waals surface area contributed by atoms with Crippen LogP contribution in [0.15, 0.2) is 53.7 Å². The molecule has 0 unspecified atom stereocenters. The van der Waals surface area contributed by atoms with Crippen LogP contribution in [0.5, 0.6) is 0 Å². The van der Waals surface area contributed by atoms with E-state index in [9.17, 15) is 0 Å². The molecule has 0 aliphatic rings. The molecular weight excluding hydrogens is 445 g/mol. The van der Waals surface area contributed by atoms with Crippen LogP contribution in [0.2, 0.25) is 0 Å². The Morgan fingerprint density at radius 3 is 2.56 bits per heavy atom. The third-order valence-electron chi connectivity index (χ3n) is 3.59. The van der Waals surface area contributed by atoms with E-state index >= 15 is 0 Å². The largest absolute Gasteiger partial charge is 0.352 e. The van der Waals surface area contributed by atoms with E-state index in [4.69, 9.17) is 0 Å². The minimum atomic E-state index is 0. The first-order chi connectivity index (χ1) is 11.7. The fraction of sp³-hybridized carbons (Fsp3) is 0.222. The van der Waals surface area contributed by atoms with Crippen LogP contribution in [0.1, 0.15) is 15.6 Å². The Morgan fingerprint density at radius 1 is 1.12 bits per heavy atom. The number of nitrogens with one attached hydrogen (secondary N) is 3. The number of imidazole rings is 1. The average molecular weight is 467 g/mol. The number of thiophene rings is 1. The summed E-state index contributed by atoms with van der Waals surface area (Å²) in [6.45, 7) is 3.48. The Hall–Kier alpha value is -1.87. The first kappa shape index (κ1) is 19.5. The topological polar surface area (TPSA) is 65.1 Å². The van der Waals surface area contributed by atoms with Crippen LogP contribution in [0.25, 0.3) is 11.3 Å². The number of H-pyrrole nitrogens is 1. The molecule has 0 radical (unpaired) electrons. The van der Waals surface area contributed by atoms with Gasteiger partial charge in [0, 0.05) is 16.8 Å². The smallest absolute Gasteiger partial charge is 0.191 e. The summed E-state index contributed by atoms with van der Waals surface area (Å²) in [6, 6.07) is 14.4. The molecule has 0 spiro atoms. The zero-order valence-corrected chi connectivity index (χ0v) is 17.4. The number of aliphatic imine (C=N–C) groups is 1. The second kappa shape index (κ2) is 9.57. The number of guanidine groups is 1. The van der Waals surface area contributed by atoms with Crippen molar-refractivity contribution in [3.8, 4) is 11.3 Å². The van der Waals surface area contributed by atoms with Gasteiger partial charge >= 0.3 is 0 Å². The number of hydrogen-bond acceptors (Lipinski definition) is 3. The van der Waals surface area contributed by atoms with Gasteiger partial charge < -0.3 is 15.6 Å². The maximum Gasteiger partial charge on any atom is 0.191 e. The lowest BCUT2D eigenvalue weighted by Crippen LogP contribution is -2.36. The van der Waals surface area contributed by atoms with Gasteiger partial charge in [-0.25, -0.2) is 4.98 Å². The van der Waals surface area contributed by atoms with Crippen molar-refractivity contribution in [1.29, 1.82) is 0 Å². The molecule has 0 amide bonds. The highest BCUT2D eigenvalue weighted by molar-refractivity contribution is 14.0. The van der Waals surface area contributed by atoms with Crippen LogP contribution in [-0.2, 0) is 13.1 Å². The lowest BCUT2D eigenvalue weighted by atomic mass is 10.2. The zero-order valence-electron chi connectivity index (χ0n) is 14.2. The van der Waals surface area contributed by atoms with E-state index in [1.165, 1.54) is 9.75 Å². The van der Waals surface area contributed by atoms with Crippen molar-refractivity contribution >= 4 is 41.3 Å². The fourth-order valence-corrected chi connectivity index (χ4v) is 3.19. The number of rotatable bonds is 5. The van der Waals surface area contributed by atoms with Crippen molar-refractivity contribution in [2.45, 2.75) is 20.0 Å². The molecule has 5 nitrogen and oxygen atoms in total. The van der Waals surface area contributed by atoms with Crippen molar-refractivity contribution in [1.82, 2.24) is 20.6 Å². The van der Waals surface area contributed by atoms with Gasteiger partial charge in [-0.15, -0.1) is 35.3 Å². The van der Waals surface area contributed by atoms with Crippen molar-refractivity contribution < 1.29 is 0 Å². The van der Waals surface area contributed by atoms with E-state index in [0.29, 0.717) is 6.54 Å². The van der Waals surface area contributed by atoms with Gasteiger partial charge in [-0.2, -0.15) is 0 Å². The van der Waals surface area contributed by atoms with Gasteiger partial charge in [0.05, 0.1) is 25.0 Å². The summed E-state index contributed by atoms with van der Waals surface area (Å²) in [7, 11) is 1.77. The predicted octanol–water partition coefficient (Wildman–Crippen LogP) is 3.93. The van der Waals surface area contributed by atoms with Gasteiger partial charge in [-0.3, -0.25) is 4.99 Å². The van der Waals surface area contributed by atoms with Gasteiger partial charge in [0.1, 0.15) is 5.82 Å².